The Bertz CT molecular complexity index is 391. The fraction of sp³-hybridized carbons (Fsp3) is 0.462. The van der Waals surface area contributed by atoms with E-state index in [2.05, 4.69) is 5.32 Å². The highest BCUT2D eigenvalue weighted by Gasteiger charge is 2.13. The second kappa shape index (κ2) is 8.61. The zero-order valence-electron chi connectivity index (χ0n) is 11.4. The molecule has 1 amide bonds. The van der Waals surface area contributed by atoms with Crippen LogP contribution in [0.1, 0.15) is 19.8 Å². The van der Waals surface area contributed by atoms with E-state index < -0.39 is 6.04 Å². The number of carbonyl (C=O) groups excluding carboxylic acids is 1. The van der Waals surface area contributed by atoms with Crippen LogP contribution in [0.25, 0.3) is 0 Å². The average molecular weight is 289 g/mol. The minimum absolute atomic E-state index is 0. The average Bonchev–Trinajstić information content (AvgIpc) is 2.38. The first-order valence-electron chi connectivity index (χ1n) is 5.90. The van der Waals surface area contributed by atoms with Crippen molar-refractivity contribution in [3.8, 4) is 11.5 Å². The summed E-state index contributed by atoms with van der Waals surface area (Å²) in [5, 5.41) is 2.75. The predicted octanol–water partition coefficient (Wildman–Crippen LogP) is 2.19. The normalized spacial score (nSPS) is 11.2. The summed E-state index contributed by atoms with van der Waals surface area (Å²) in [4.78, 5) is 11.8. The van der Waals surface area contributed by atoms with Crippen LogP contribution in [0.15, 0.2) is 18.2 Å². The van der Waals surface area contributed by atoms with Crippen molar-refractivity contribution < 1.29 is 14.3 Å². The first-order valence-corrected chi connectivity index (χ1v) is 5.90. The molecule has 1 atom stereocenters. The van der Waals surface area contributed by atoms with E-state index in [1.54, 1.807) is 32.4 Å². The van der Waals surface area contributed by atoms with Gasteiger partial charge in [0.15, 0.2) is 0 Å². The van der Waals surface area contributed by atoms with E-state index in [4.69, 9.17) is 15.2 Å². The van der Waals surface area contributed by atoms with Gasteiger partial charge in [-0.3, -0.25) is 4.79 Å². The highest BCUT2D eigenvalue weighted by molar-refractivity contribution is 5.95. The van der Waals surface area contributed by atoms with Gasteiger partial charge in [0, 0.05) is 23.9 Å². The standard InChI is InChI=1S/C13H20N2O3.ClH/c1-4-5-12(14)13(16)15-9-6-10(17-2)8-11(7-9)18-3;/h6-8,12H,4-5,14H2,1-3H3,(H,15,16);1H. The molecule has 5 nitrogen and oxygen atoms in total. The van der Waals surface area contributed by atoms with E-state index >= 15 is 0 Å². The van der Waals surface area contributed by atoms with Gasteiger partial charge in [-0.15, -0.1) is 12.4 Å². The van der Waals surface area contributed by atoms with Crippen LogP contribution in [0.5, 0.6) is 11.5 Å². The number of hydrogen-bond acceptors (Lipinski definition) is 4. The second-order valence-electron chi connectivity index (χ2n) is 3.99. The number of nitrogens with two attached hydrogens (primary N) is 1. The molecule has 0 bridgehead atoms. The molecule has 0 aliphatic rings. The Morgan fingerprint density at radius 2 is 1.79 bits per heavy atom. The van der Waals surface area contributed by atoms with Crippen LogP contribution in [0, 0.1) is 0 Å². The lowest BCUT2D eigenvalue weighted by Gasteiger charge is -2.13. The van der Waals surface area contributed by atoms with Crippen LogP contribution in [-0.2, 0) is 4.79 Å². The van der Waals surface area contributed by atoms with Crippen LogP contribution >= 0.6 is 12.4 Å². The highest BCUT2D eigenvalue weighted by atomic mass is 35.5. The molecule has 0 fully saturated rings. The molecule has 19 heavy (non-hydrogen) atoms. The molecule has 0 aliphatic carbocycles. The molecule has 0 saturated heterocycles. The summed E-state index contributed by atoms with van der Waals surface area (Å²) in [7, 11) is 3.12. The number of rotatable bonds is 6. The van der Waals surface area contributed by atoms with Crippen molar-refractivity contribution >= 4 is 24.0 Å². The minimum atomic E-state index is -0.493. The third kappa shape index (κ3) is 5.36. The Morgan fingerprint density at radius 1 is 1.26 bits per heavy atom. The van der Waals surface area contributed by atoms with Gasteiger partial charge < -0.3 is 20.5 Å². The Labute approximate surface area is 119 Å². The summed E-state index contributed by atoms with van der Waals surface area (Å²) < 4.78 is 10.2. The molecule has 0 aliphatic heterocycles. The Hall–Kier alpha value is -1.46. The molecule has 0 aromatic heterocycles. The van der Waals surface area contributed by atoms with Gasteiger partial charge in [-0.1, -0.05) is 13.3 Å². The van der Waals surface area contributed by atoms with Gasteiger partial charge in [0.05, 0.1) is 20.3 Å². The lowest BCUT2D eigenvalue weighted by Crippen LogP contribution is -2.35. The summed E-state index contributed by atoms with van der Waals surface area (Å²) in [6.45, 7) is 1.99. The first kappa shape index (κ1) is 17.5. The summed E-state index contributed by atoms with van der Waals surface area (Å²) in [5.41, 5.74) is 6.36. The maximum absolute atomic E-state index is 11.8. The smallest absolute Gasteiger partial charge is 0.241 e. The van der Waals surface area contributed by atoms with Crippen LogP contribution in [0.3, 0.4) is 0 Å². The number of benzene rings is 1. The SMILES string of the molecule is CCCC(N)C(=O)Nc1cc(OC)cc(OC)c1.Cl. The number of amides is 1. The van der Waals surface area contributed by atoms with Crippen LogP contribution in [0.4, 0.5) is 5.69 Å². The molecule has 1 aromatic carbocycles. The molecule has 0 spiro atoms. The van der Waals surface area contributed by atoms with E-state index in [1.807, 2.05) is 6.92 Å². The van der Waals surface area contributed by atoms with E-state index in [9.17, 15) is 4.79 Å². The van der Waals surface area contributed by atoms with Crippen molar-refractivity contribution in [3.05, 3.63) is 18.2 Å². The third-order valence-corrected chi connectivity index (χ3v) is 2.56. The zero-order chi connectivity index (χ0) is 13.5. The molecule has 1 rings (SSSR count). The second-order valence-corrected chi connectivity index (χ2v) is 3.99. The number of nitrogens with one attached hydrogen (secondary N) is 1. The van der Waals surface area contributed by atoms with Crippen LogP contribution < -0.4 is 20.5 Å². The van der Waals surface area contributed by atoms with Gasteiger partial charge in [-0.25, -0.2) is 0 Å². The molecule has 1 aromatic rings. The fourth-order valence-electron chi connectivity index (χ4n) is 1.56. The predicted molar refractivity (Wildman–Crippen MR) is 78.3 cm³/mol. The lowest BCUT2D eigenvalue weighted by molar-refractivity contribution is -0.117. The number of carbonyl (C=O) groups is 1. The van der Waals surface area contributed by atoms with E-state index in [0.29, 0.717) is 23.6 Å². The summed E-state index contributed by atoms with van der Waals surface area (Å²) in [6.07, 6.45) is 1.53. The number of halogens is 1. The Morgan fingerprint density at radius 3 is 2.21 bits per heavy atom. The fourth-order valence-corrected chi connectivity index (χ4v) is 1.56. The van der Waals surface area contributed by atoms with Crippen molar-refractivity contribution in [2.45, 2.75) is 25.8 Å². The number of ether oxygens (including phenoxy) is 2. The quantitative estimate of drug-likeness (QED) is 0.841. The molecular weight excluding hydrogens is 268 g/mol. The van der Waals surface area contributed by atoms with Gasteiger partial charge in [0.25, 0.3) is 0 Å². The van der Waals surface area contributed by atoms with Crippen molar-refractivity contribution in [2.24, 2.45) is 5.73 Å². The lowest BCUT2D eigenvalue weighted by atomic mass is 10.1. The van der Waals surface area contributed by atoms with Crippen molar-refractivity contribution in [3.63, 3.8) is 0 Å². The van der Waals surface area contributed by atoms with E-state index in [0.717, 1.165) is 6.42 Å². The van der Waals surface area contributed by atoms with Crippen molar-refractivity contribution in [2.75, 3.05) is 19.5 Å². The molecule has 108 valence electrons. The van der Waals surface area contributed by atoms with E-state index in [1.165, 1.54) is 0 Å². The maximum Gasteiger partial charge on any atom is 0.241 e. The molecule has 0 radical (unpaired) electrons. The zero-order valence-corrected chi connectivity index (χ0v) is 12.3. The molecule has 1 unspecified atom stereocenters. The van der Waals surface area contributed by atoms with Gasteiger partial charge in [0.1, 0.15) is 11.5 Å². The summed E-state index contributed by atoms with van der Waals surface area (Å²) in [5.74, 6) is 1.04. The molecule has 3 N–H and O–H groups in total. The summed E-state index contributed by atoms with van der Waals surface area (Å²) in [6, 6.07) is 4.69. The topological polar surface area (TPSA) is 73.6 Å². The van der Waals surface area contributed by atoms with Crippen LogP contribution in [-0.4, -0.2) is 26.2 Å². The highest BCUT2D eigenvalue weighted by Crippen LogP contribution is 2.25. The minimum Gasteiger partial charge on any atom is -0.497 e. The first-order chi connectivity index (χ1) is 8.60. The van der Waals surface area contributed by atoms with Crippen LogP contribution in [0.2, 0.25) is 0 Å². The van der Waals surface area contributed by atoms with E-state index in [-0.39, 0.29) is 18.3 Å². The van der Waals surface area contributed by atoms with Gasteiger partial charge in [0.2, 0.25) is 5.91 Å². The largest absolute Gasteiger partial charge is 0.497 e. The Balaban J connectivity index is 0.00000324. The monoisotopic (exact) mass is 288 g/mol. The van der Waals surface area contributed by atoms with Crippen molar-refractivity contribution in [1.82, 2.24) is 0 Å². The maximum atomic E-state index is 11.8. The number of hydrogen-bond donors (Lipinski definition) is 2. The number of anilines is 1. The van der Waals surface area contributed by atoms with Gasteiger partial charge in [-0.2, -0.15) is 0 Å². The number of methoxy groups -OCH3 is 2. The van der Waals surface area contributed by atoms with Crippen molar-refractivity contribution in [1.29, 1.82) is 0 Å². The Kier molecular flexibility index (Phi) is 7.95. The third-order valence-electron chi connectivity index (χ3n) is 2.56. The van der Waals surface area contributed by atoms with Gasteiger partial charge >= 0.3 is 0 Å². The van der Waals surface area contributed by atoms with Gasteiger partial charge in [-0.05, 0) is 6.42 Å². The molecule has 0 saturated carbocycles. The molecule has 0 heterocycles. The molecular formula is C13H21ClN2O3. The summed E-state index contributed by atoms with van der Waals surface area (Å²) >= 11 is 0. The molecule has 6 heteroatoms.